The summed E-state index contributed by atoms with van der Waals surface area (Å²) in [4.78, 5) is 46.5. The van der Waals surface area contributed by atoms with Crippen LogP contribution in [0.5, 0.6) is 0 Å². The lowest BCUT2D eigenvalue weighted by Gasteiger charge is -2.45. The molecule has 3 atom stereocenters. The van der Waals surface area contributed by atoms with Crippen LogP contribution in [-0.2, 0) is 27.3 Å². The van der Waals surface area contributed by atoms with Crippen molar-refractivity contribution in [3.05, 3.63) is 70.2 Å². The minimum atomic E-state index is -0.650. The Morgan fingerprint density at radius 2 is 1.63 bits per heavy atom. The fourth-order valence-electron chi connectivity index (χ4n) is 7.75. The van der Waals surface area contributed by atoms with Gasteiger partial charge in [-0.25, -0.2) is 0 Å². The quantitative estimate of drug-likeness (QED) is 0.360. The molecule has 0 spiro atoms. The van der Waals surface area contributed by atoms with Gasteiger partial charge in [-0.1, -0.05) is 67.3 Å². The highest BCUT2D eigenvalue weighted by Crippen LogP contribution is 2.31. The summed E-state index contributed by atoms with van der Waals surface area (Å²) in [5, 5.41) is 7.20. The number of nitrogens with zero attached hydrogens (tertiary/aromatic N) is 3. The van der Waals surface area contributed by atoms with Gasteiger partial charge in [0, 0.05) is 82.2 Å². The molecule has 6 rings (SSSR count). The van der Waals surface area contributed by atoms with Crippen molar-refractivity contribution < 1.29 is 14.4 Å². The summed E-state index contributed by atoms with van der Waals surface area (Å²) >= 11 is 6.13. The number of fused-ring (bicyclic) bond motifs is 1. The zero-order valence-corrected chi connectivity index (χ0v) is 28.9. The third kappa shape index (κ3) is 8.95. The summed E-state index contributed by atoms with van der Waals surface area (Å²) in [6, 6.07) is 15.3. The maximum Gasteiger partial charge on any atom is 0.245 e. The molecule has 3 aliphatic heterocycles. The van der Waals surface area contributed by atoms with E-state index in [0.717, 1.165) is 50.3 Å². The molecule has 2 saturated heterocycles. The molecule has 252 valence electrons. The molecular weight excluding hydrogens is 645 g/mol. The van der Waals surface area contributed by atoms with E-state index in [4.69, 9.17) is 11.6 Å². The summed E-state index contributed by atoms with van der Waals surface area (Å²) in [5.41, 5.74) is 3.34. The molecule has 3 heterocycles. The molecule has 1 saturated carbocycles. The number of hydrogen-bond acceptors (Lipinski definition) is 5. The minimum absolute atomic E-state index is 0. The van der Waals surface area contributed by atoms with Crippen molar-refractivity contribution in [1.82, 2.24) is 25.3 Å². The average molecular weight is 693 g/mol. The number of halogens is 3. The fourth-order valence-corrected chi connectivity index (χ4v) is 7.88. The lowest BCUT2D eigenvalue weighted by Crippen LogP contribution is -2.59. The van der Waals surface area contributed by atoms with Gasteiger partial charge in [-0.05, 0) is 54.0 Å². The number of piperazine rings is 1. The van der Waals surface area contributed by atoms with Crippen molar-refractivity contribution >= 4 is 54.1 Å². The van der Waals surface area contributed by atoms with Crippen molar-refractivity contribution in [2.24, 2.45) is 5.92 Å². The Balaban J connectivity index is 0.00000240. The second-order valence-corrected chi connectivity index (χ2v) is 13.5. The predicted molar refractivity (Wildman–Crippen MR) is 187 cm³/mol. The molecule has 0 aromatic heterocycles. The second kappa shape index (κ2) is 17.2. The smallest absolute Gasteiger partial charge is 0.245 e. The van der Waals surface area contributed by atoms with Crippen molar-refractivity contribution in [3.63, 3.8) is 0 Å². The highest BCUT2D eigenvalue weighted by molar-refractivity contribution is 6.30. The van der Waals surface area contributed by atoms with E-state index in [1.165, 1.54) is 37.7 Å². The molecular formula is C35H48Cl3N5O3. The first-order valence-electron chi connectivity index (χ1n) is 16.6. The van der Waals surface area contributed by atoms with E-state index in [0.29, 0.717) is 42.9 Å². The van der Waals surface area contributed by atoms with Crippen LogP contribution in [0.25, 0.3) is 0 Å². The molecule has 4 aliphatic rings. The lowest BCUT2D eigenvalue weighted by atomic mass is 9.82. The van der Waals surface area contributed by atoms with Crippen LogP contribution in [-0.4, -0.2) is 83.8 Å². The van der Waals surface area contributed by atoms with Crippen LogP contribution in [0.1, 0.15) is 74.1 Å². The zero-order chi connectivity index (χ0) is 30.5. The van der Waals surface area contributed by atoms with Crippen molar-refractivity contribution in [1.29, 1.82) is 0 Å². The van der Waals surface area contributed by atoms with Gasteiger partial charge < -0.3 is 20.4 Å². The van der Waals surface area contributed by atoms with E-state index in [1.807, 2.05) is 41.3 Å². The molecule has 2 aromatic carbocycles. The largest absolute Gasteiger partial charge is 0.344 e. The Morgan fingerprint density at radius 3 is 2.33 bits per heavy atom. The molecule has 3 amide bonds. The van der Waals surface area contributed by atoms with Crippen molar-refractivity contribution in [2.75, 3.05) is 39.3 Å². The van der Waals surface area contributed by atoms with Gasteiger partial charge in [-0.2, -0.15) is 0 Å². The van der Waals surface area contributed by atoms with Crippen LogP contribution >= 0.6 is 36.4 Å². The lowest BCUT2D eigenvalue weighted by molar-refractivity contribution is -0.138. The number of carbonyl (C=O) groups excluding carboxylic acids is 3. The summed E-state index contributed by atoms with van der Waals surface area (Å²) < 4.78 is 0. The Morgan fingerprint density at radius 1 is 0.913 bits per heavy atom. The first-order valence-corrected chi connectivity index (χ1v) is 17.0. The van der Waals surface area contributed by atoms with Gasteiger partial charge >= 0.3 is 0 Å². The molecule has 8 nitrogen and oxygen atoms in total. The minimum Gasteiger partial charge on any atom is -0.344 e. The number of benzene rings is 2. The Labute approximate surface area is 290 Å². The number of likely N-dealkylation sites (tertiary alicyclic amines) is 1. The Bertz CT molecular complexity index is 1310. The monoisotopic (exact) mass is 691 g/mol. The van der Waals surface area contributed by atoms with E-state index >= 15 is 0 Å². The van der Waals surface area contributed by atoms with Crippen molar-refractivity contribution in [2.45, 2.75) is 82.5 Å². The molecule has 3 unspecified atom stereocenters. The van der Waals surface area contributed by atoms with Gasteiger partial charge in [0.05, 0.1) is 0 Å². The summed E-state index contributed by atoms with van der Waals surface area (Å²) in [6.45, 7) is 5.26. The van der Waals surface area contributed by atoms with Gasteiger partial charge in [0.15, 0.2) is 0 Å². The van der Waals surface area contributed by atoms with E-state index in [9.17, 15) is 14.4 Å². The number of amides is 3. The molecule has 0 bridgehead atoms. The van der Waals surface area contributed by atoms with Crippen LogP contribution in [0.3, 0.4) is 0 Å². The Hall–Kier alpha value is -2.36. The molecule has 46 heavy (non-hydrogen) atoms. The normalized spacial score (nSPS) is 21.6. The second-order valence-electron chi connectivity index (χ2n) is 13.1. The predicted octanol–water partition coefficient (Wildman–Crippen LogP) is 5.16. The highest BCUT2D eigenvalue weighted by atomic mass is 35.5. The van der Waals surface area contributed by atoms with Gasteiger partial charge in [-0.15, -0.1) is 24.8 Å². The third-order valence-electron chi connectivity index (χ3n) is 10.2. The van der Waals surface area contributed by atoms with E-state index in [1.54, 1.807) is 0 Å². The number of nitrogens with one attached hydrogen (secondary N) is 2. The number of carbonyl (C=O) groups is 3. The molecule has 1 aliphatic carbocycles. The molecule has 2 aromatic rings. The van der Waals surface area contributed by atoms with E-state index < -0.39 is 6.04 Å². The maximum atomic E-state index is 14.0. The summed E-state index contributed by atoms with van der Waals surface area (Å²) in [6.07, 6.45) is 8.61. The SMILES string of the molecule is Cl.Cl.O=C(CC1NCc2ccccc21)NC(Cc1ccc(Cl)cc1)C(=O)N1CCN(C(CN2CCCC2=O)C2CCCCC2)CC1. The van der Waals surface area contributed by atoms with Crippen molar-refractivity contribution in [3.8, 4) is 0 Å². The maximum absolute atomic E-state index is 14.0. The standard InChI is InChI=1S/C35H46ClN5O3.2ClH/c36-28-14-12-25(13-15-28)21-31(38-33(42)22-30-29-10-5-4-9-27(29)23-37-30)35(44)40-19-17-39(18-20-40)32(26-7-2-1-3-8-26)24-41-16-6-11-34(41)43;;/h4-5,9-10,12-15,26,30-32,37H,1-3,6-8,11,16-24H2,(H,38,42);2*1H. The van der Waals surface area contributed by atoms with Crippen LogP contribution in [0.4, 0.5) is 0 Å². The van der Waals surface area contributed by atoms with Crippen LogP contribution in [0.15, 0.2) is 48.5 Å². The van der Waals surface area contributed by atoms with Crippen LogP contribution in [0, 0.1) is 5.92 Å². The molecule has 3 fully saturated rings. The third-order valence-corrected chi connectivity index (χ3v) is 10.5. The van der Waals surface area contributed by atoms with E-state index in [-0.39, 0.29) is 55.0 Å². The molecule has 2 N–H and O–H groups in total. The first-order chi connectivity index (χ1) is 21.4. The molecule has 0 radical (unpaired) electrons. The summed E-state index contributed by atoms with van der Waals surface area (Å²) in [5.74, 6) is 0.733. The average Bonchev–Trinajstić information content (AvgIpc) is 3.66. The zero-order valence-electron chi connectivity index (χ0n) is 26.5. The van der Waals surface area contributed by atoms with Crippen LogP contribution in [0.2, 0.25) is 5.02 Å². The topological polar surface area (TPSA) is 85.0 Å². The number of rotatable bonds is 10. The van der Waals surface area contributed by atoms with Gasteiger partial charge in [0.1, 0.15) is 6.04 Å². The number of hydrogen-bond donors (Lipinski definition) is 2. The van der Waals surface area contributed by atoms with Gasteiger partial charge in [-0.3, -0.25) is 19.3 Å². The van der Waals surface area contributed by atoms with Gasteiger partial charge in [0.25, 0.3) is 0 Å². The summed E-state index contributed by atoms with van der Waals surface area (Å²) in [7, 11) is 0. The van der Waals surface area contributed by atoms with Crippen LogP contribution < -0.4 is 10.6 Å². The van der Waals surface area contributed by atoms with E-state index in [2.05, 4.69) is 32.6 Å². The highest BCUT2D eigenvalue weighted by Gasteiger charge is 2.36. The fraction of sp³-hybridized carbons (Fsp3) is 0.571. The molecule has 11 heteroatoms. The van der Waals surface area contributed by atoms with Gasteiger partial charge in [0.2, 0.25) is 17.7 Å². The Kier molecular flexibility index (Phi) is 13.6. The first kappa shape index (κ1) is 36.5.